The topological polar surface area (TPSA) is 36.4 Å². The first-order valence-electron chi connectivity index (χ1n) is 6.06. The summed E-state index contributed by atoms with van der Waals surface area (Å²) in [5.74, 6) is 0. The largest absolute Gasteiger partial charge is 0.304 e. The molecule has 0 N–H and O–H groups in total. The van der Waals surface area contributed by atoms with E-state index >= 15 is 0 Å². The van der Waals surface area contributed by atoms with Crippen molar-refractivity contribution in [2.45, 2.75) is 12.8 Å². The predicted molar refractivity (Wildman–Crippen MR) is 69.5 cm³/mol. The van der Waals surface area contributed by atoms with Crippen LogP contribution in [0.4, 0.5) is 0 Å². The second-order valence-electron chi connectivity index (χ2n) is 4.49. The highest BCUT2D eigenvalue weighted by molar-refractivity contribution is 7.11. The lowest BCUT2D eigenvalue weighted by Gasteiger charge is -2.32. The van der Waals surface area contributed by atoms with Crippen LogP contribution < -0.4 is 0 Å². The van der Waals surface area contributed by atoms with Gasteiger partial charge in [0, 0.05) is 56.6 Å². The third-order valence-electron chi connectivity index (χ3n) is 3.12. The van der Waals surface area contributed by atoms with Gasteiger partial charge in [0.1, 0.15) is 6.29 Å². The fourth-order valence-corrected chi connectivity index (χ4v) is 2.82. The Hall–Kier alpha value is -0.780. The van der Waals surface area contributed by atoms with Crippen LogP contribution in [0.15, 0.2) is 6.20 Å². The number of nitrogens with zero attached hydrogens (tertiary/aromatic N) is 3. The number of aldehydes is 1. The highest BCUT2D eigenvalue weighted by atomic mass is 32.1. The Bertz CT molecular complexity index is 358. The summed E-state index contributed by atoms with van der Waals surface area (Å²) >= 11 is 1.67. The summed E-state index contributed by atoms with van der Waals surface area (Å²) in [6.07, 6.45) is 4.29. The molecule has 0 aliphatic carbocycles. The zero-order valence-corrected chi connectivity index (χ0v) is 11.1. The molecule has 0 amide bonds. The number of hydrogen-bond acceptors (Lipinski definition) is 5. The maximum atomic E-state index is 10.4. The van der Waals surface area contributed by atoms with E-state index in [4.69, 9.17) is 0 Å². The second-order valence-corrected chi connectivity index (χ2v) is 5.69. The molecule has 94 valence electrons. The molecule has 0 saturated carbocycles. The van der Waals surface area contributed by atoms with Crippen molar-refractivity contribution < 1.29 is 4.79 Å². The minimum absolute atomic E-state index is 0.506. The van der Waals surface area contributed by atoms with Crippen LogP contribution in [0.2, 0.25) is 0 Å². The highest BCUT2D eigenvalue weighted by Gasteiger charge is 2.13. The van der Waals surface area contributed by atoms with Crippen molar-refractivity contribution in [3.05, 3.63) is 16.1 Å². The van der Waals surface area contributed by atoms with Crippen LogP contribution in [0.1, 0.15) is 9.88 Å². The lowest BCUT2D eigenvalue weighted by Crippen LogP contribution is -2.45. The van der Waals surface area contributed by atoms with Crippen LogP contribution in [0, 0.1) is 0 Å². The number of aromatic nitrogens is 1. The average molecular weight is 253 g/mol. The number of piperazine rings is 1. The van der Waals surface area contributed by atoms with Crippen molar-refractivity contribution in [3.63, 3.8) is 0 Å². The van der Waals surface area contributed by atoms with Gasteiger partial charge in [-0.25, -0.2) is 4.98 Å². The summed E-state index contributed by atoms with van der Waals surface area (Å²) in [5, 5.41) is 1.15. The Balaban J connectivity index is 1.75. The first-order valence-corrected chi connectivity index (χ1v) is 6.87. The molecule has 0 atom stereocenters. The van der Waals surface area contributed by atoms with Gasteiger partial charge in [0.15, 0.2) is 0 Å². The lowest BCUT2D eigenvalue weighted by atomic mass is 10.3. The average Bonchev–Trinajstić information content (AvgIpc) is 2.77. The summed E-state index contributed by atoms with van der Waals surface area (Å²) in [5.41, 5.74) is 0. The van der Waals surface area contributed by atoms with Gasteiger partial charge in [-0.15, -0.1) is 11.3 Å². The van der Waals surface area contributed by atoms with E-state index in [-0.39, 0.29) is 0 Å². The minimum atomic E-state index is 0.506. The summed E-state index contributed by atoms with van der Waals surface area (Å²) in [6.45, 7) is 5.72. The summed E-state index contributed by atoms with van der Waals surface area (Å²) in [4.78, 5) is 20.7. The maximum absolute atomic E-state index is 10.4. The van der Waals surface area contributed by atoms with Gasteiger partial charge in [-0.1, -0.05) is 0 Å². The molecule has 0 spiro atoms. The third-order valence-corrected chi connectivity index (χ3v) is 4.20. The number of rotatable bonds is 5. The van der Waals surface area contributed by atoms with E-state index in [2.05, 4.69) is 21.8 Å². The molecule has 1 aliphatic heterocycles. The van der Waals surface area contributed by atoms with Gasteiger partial charge in [-0.05, 0) is 7.05 Å². The fraction of sp³-hybridized carbons (Fsp3) is 0.667. The molecular formula is C12H19N3OS. The minimum Gasteiger partial charge on any atom is -0.304 e. The quantitative estimate of drug-likeness (QED) is 0.723. The number of carbonyl (C=O) groups is 1. The SMILES string of the molecule is CN1CCN(CCc2ncc(CC=O)s2)CC1. The Kier molecular flexibility index (Phi) is 4.65. The number of thiazole rings is 1. The van der Waals surface area contributed by atoms with Gasteiger partial charge in [-0.3, -0.25) is 0 Å². The molecule has 0 radical (unpaired) electrons. The molecule has 1 saturated heterocycles. The van der Waals surface area contributed by atoms with Crippen molar-refractivity contribution in [1.82, 2.24) is 14.8 Å². The van der Waals surface area contributed by atoms with E-state index in [0.717, 1.165) is 55.3 Å². The Morgan fingerprint density at radius 2 is 2.18 bits per heavy atom. The first kappa shape index (κ1) is 12.7. The Morgan fingerprint density at radius 1 is 1.41 bits per heavy atom. The van der Waals surface area contributed by atoms with E-state index in [1.165, 1.54) is 0 Å². The number of hydrogen-bond donors (Lipinski definition) is 0. The summed E-state index contributed by atoms with van der Waals surface area (Å²) in [7, 11) is 2.17. The van der Waals surface area contributed by atoms with Crippen LogP contribution in [0.3, 0.4) is 0 Å². The molecule has 2 rings (SSSR count). The van der Waals surface area contributed by atoms with Crippen LogP contribution in [0.5, 0.6) is 0 Å². The summed E-state index contributed by atoms with van der Waals surface area (Å²) < 4.78 is 0. The van der Waals surface area contributed by atoms with E-state index in [1.807, 2.05) is 6.20 Å². The van der Waals surface area contributed by atoms with E-state index < -0.39 is 0 Å². The van der Waals surface area contributed by atoms with Crippen LogP contribution in [-0.2, 0) is 17.6 Å². The van der Waals surface area contributed by atoms with E-state index in [0.29, 0.717) is 6.42 Å². The monoisotopic (exact) mass is 253 g/mol. The molecule has 1 aliphatic rings. The molecular weight excluding hydrogens is 234 g/mol. The zero-order valence-electron chi connectivity index (χ0n) is 10.3. The van der Waals surface area contributed by atoms with Gasteiger partial charge in [0.2, 0.25) is 0 Å². The molecule has 1 aromatic rings. The molecule has 2 heterocycles. The van der Waals surface area contributed by atoms with Gasteiger partial charge < -0.3 is 14.6 Å². The second kappa shape index (κ2) is 6.23. The molecule has 0 aromatic carbocycles. The molecule has 0 unspecified atom stereocenters. The van der Waals surface area contributed by atoms with Gasteiger partial charge in [0.05, 0.1) is 5.01 Å². The van der Waals surface area contributed by atoms with Crippen molar-refractivity contribution >= 4 is 17.6 Å². The molecule has 1 fully saturated rings. The Labute approximate surface area is 106 Å². The van der Waals surface area contributed by atoms with Crippen LogP contribution >= 0.6 is 11.3 Å². The maximum Gasteiger partial charge on any atom is 0.125 e. The molecule has 1 aromatic heterocycles. The third kappa shape index (κ3) is 3.87. The molecule has 0 bridgehead atoms. The molecule has 17 heavy (non-hydrogen) atoms. The normalized spacial score (nSPS) is 18.4. The van der Waals surface area contributed by atoms with Crippen molar-refractivity contribution in [2.24, 2.45) is 0 Å². The lowest BCUT2D eigenvalue weighted by molar-refractivity contribution is -0.107. The zero-order chi connectivity index (χ0) is 12.1. The number of likely N-dealkylation sites (N-methyl/N-ethyl adjacent to an activating group) is 1. The van der Waals surface area contributed by atoms with E-state index in [9.17, 15) is 4.79 Å². The molecule has 4 nitrogen and oxygen atoms in total. The first-order chi connectivity index (χ1) is 8.28. The smallest absolute Gasteiger partial charge is 0.125 e. The number of carbonyl (C=O) groups excluding carboxylic acids is 1. The van der Waals surface area contributed by atoms with Crippen LogP contribution in [0.25, 0.3) is 0 Å². The predicted octanol–water partition coefficient (Wildman–Crippen LogP) is 0.674. The van der Waals surface area contributed by atoms with Gasteiger partial charge in [-0.2, -0.15) is 0 Å². The standard InChI is InChI=1S/C12H19N3OS/c1-14-5-7-15(8-6-14)4-2-12-13-10-11(17-12)3-9-16/h9-10H,2-8H2,1H3. The van der Waals surface area contributed by atoms with Crippen molar-refractivity contribution in [3.8, 4) is 0 Å². The fourth-order valence-electron chi connectivity index (χ4n) is 1.97. The molecule has 5 heteroatoms. The highest BCUT2D eigenvalue weighted by Crippen LogP contribution is 2.14. The van der Waals surface area contributed by atoms with Crippen molar-refractivity contribution in [2.75, 3.05) is 39.8 Å². The van der Waals surface area contributed by atoms with Gasteiger partial charge in [0.25, 0.3) is 0 Å². The Morgan fingerprint density at radius 3 is 2.88 bits per heavy atom. The summed E-state index contributed by atoms with van der Waals surface area (Å²) in [6, 6.07) is 0. The van der Waals surface area contributed by atoms with Gasteiger partial charge >= 0.3 is 0 Å². The van der Waals surface area contributed by atoms with E-state index in [1.54, 1.807) is 11.3 Å². The van der Waals surface area contributed by atoms with Crippen molar-refractivity contribution in [1.29, 1.82) is 0 Å². The van der Waals surface area contributed by atoms with Crippen LogP contribution in [-0.4, -0.2) is 60.8 Å².